The van der Waals surface area contributed by atoms with Gasteiger partial charge >= 0.3 is 0 Å². The first-order chi connectivity index (χ1) is 14.7. The van der Waals surface area contributed by atoms with Gasteiger partial charge in [-0.1, -0.05) is 28.9 Å². The number of piperidine rings is 1. The van der Waals surface area contributed by atoms with Crippen LogP contribution in [0.2, 0.25) is 5.02 Å². The fourth-order valence-electron chi connectivity index (χ4n) is 4.66. The molecule has 2 unspecified atom stereocenters. The summed E-state index contributed by atoms with van der Waals surface area (Å²) in [4.78, 5) is 4.96. The molecular formula is C23H26ClN3O3. The Bertz CT molecular complexity index is 1020. The first-order valence-corrected chi connectivity index (χ1v) is 10.9. The summed E-state index contributed by atoms with van der Waals surface area (Å²) < 4.78 is 11.5. The number of ether oxygens (including phenoxy) is 1. The molecule has 5 rings (SSSR count). The van der Waals surface area contributed by atoms with E-state index in [2.05, 4.69) is 21.0 Å². The molecular weight excluding hydrogens is 402 g/mol. The van der Waals surface area contributed by atoms with Gasteiger partial charge in [0, 0.05) is 43.2 Å². The molecule has 2 atom stereocenters. The van der Waals surface area contributed by atoms with E-state index in [4.69, 9.17) is 20.9 Å². The number of benzene rings is 2. The van der Waals surface area contributed by atoms with Gasteiger partial charge in [0.2, 0.25) is 0 Å². The van der Waals surface area contributed by atoms with E-state index in [0.29, 0.717) is 29.2 Å². The summed E-state index contributed by atoms with van der Waals surface area (Å²) in [6.45, 7) is 4.63. The van der Waals surface area contributed by atoms with Crippen molar-refractivity contribution in [2.45, 2.75) is 25.5 Å². The van der Waals surface area contributed by atoms with E-state index >= 15 is 0 Å². The lowest BCUT2D eigenvalue weighted by atomic mass is 9.91. The molecule has 2 aromatic carbocycles. The number of fused-ring (bicyclic) bond motifs is 2. The topological polar surface area (TPSA) is 62.0 Å². The number of aliphatic hydroxyl groups excluding tert-OH is 1. The van der Waals surface area contributed by atoms with Crippen LogP contribution in [0.4, 0.5) is 5.82 Å². The van der Waals surface area contributed by atoms with Crippen LogP contribution in [0, 0.1) is 5.92 Å². The zero-order valence-corrected chi connectivity index (χ0v) is 17.6. The van der Waals surface area contributed by atoms with Crippen molar-refractivity contribution in [2.24, 2.45) is 5.92 Å². The molecule has 2 saturated heterocycles. The summed E-state index contributed by atoms with van der Waals surface area (Å²) in [5.74, 6) is 2.25. The largest absolute Gasteiger partial charge is 0.493 e. The predicted octanol–water partition coefficient (Wildman–Crippen LogP) is 3.95. The molecule has 2 fully saturated rings. The summed E-state index contributed by atoms with van der Waals surface area (Å²) in [6.07, 6.45) is 2.30. The van der Waals surface area contributed by atoms with Gasteiger partial charge in [0.1, 0.15) is 5.75 Å². The zero-order valence-electron chi connectivity index (χ0n) is 16.8. The van der Waals surface area contributed by atoms with Gasteiger partial charge in [-0.05, 0) is 48.7 Å². The third-order valence-corrected chi connectivity index (χ3v) is 6.71. The van der Waals surface area contributed by atoms with Gasteiger partial charge in [-0.15, -0.1) is 0 Å². The molecule has 6 nitrogen and oxygen atoms in total. The van der Waals surface area contributed by atoms with Crippen LogP contribution in [0.1, 0.15) is 18.4 Å². The SMILES string of the molecule is OCc1cc(OCC2CCC3CN(c4noc5ccccc45)CCN3C2)ccc1Cl. The average Bonchev–Trinajstić information content (AvgIpc) is 3.22. The minimum absolute atomic E-state index is 0.0772. The molecule has 2 aliphatic rings. The molecule has 0 saturated carbocycles. The first kappa shape index (κ1) is 19.7. The molecule has 0 bridgehead atoms. The molecule has 3 heterocycles. The van der Waals surface area contributed by atoms with E-state index in [1.165, 1.54) is 0 Å². The summed E-state index contributed by atoms with van der Waals surface area (Å²) in [7, 11) is 0. The summed E-state index contributed by atoms with van der Waals surface area (Å²) in [5, 5.41) is 15.4. The molecule has 7 heteroatoms. The van der Waals surface area contributed by atoms with Gasteiger partial charge in [-0.25, -0.2) is 0 Å². The lowest BCUT2D eigenvalue weighted by molar-refractivity contribution is 0.0726. The molecule has 1 aromatic heterocycles. The molecule has 0 radical (unpaired) electrons. The zero-order chi connectivity index (χ0) is 20.5. The Labute approximate surface area is 181 Å². The lowest BCUT2D eigenvalue weighted by Gasteiger charge is -2.46. The monoisotopic (exact) mass is 427 g/mol. The van der Waals surface area contributed by atoms with Crippen LogP contribution in [0.15, 0.2) is 47.0 Å². The van der Waals surface area contributed by atoms with Crippen molar-refractivity contribution in [1.82, 2.24) is 10.1 Å². The molecule has 2 aliphatic heterocycles. The van der Waals surface area contributed by atoms with E-state index in [0.717, 1.165) is 61.6 Å². The molecule has 30 heavy (non-hydrogen) atoms. The fourth-order valence-corrected chi connectivity index (χ4v) is 4.84. The van der Waals surface area contributed by atoms with Crippen molar-refractivity contribution < 1.29 is 14.4 Å². The number of para-hydroxylation sites is 1. The van der Waals surface area contributed by atoms with Crippen molar-refractivity contribution in [3.63, 3.8) is 0 Å². The maximum absolute atomic E-state index is 9.38. The van der Waals surface area contributed by atoms with E-state index in [1.54, 1.807) is 6.07 Å². The average molecular weight is 428 g/mol. The number of aliphatic hydroxyl groups is 1. The lowest BCUT2D eigenvalue weighted by Crippen LogP contribution is -2.57. The van der Waals surface area contributed by atoms with E-state index in [9.17, 15) is 5.11 Å². The maximum atomic E-state index is 9.38. The Kier molecular flexibility index (Phi) is 5.54. The quantitative estimate of drug-likeness (QED) is 0.665. The third kappa shape index (κ3) is 3.87. The van der Waals surface area contributed by atoms with Crippen LogP contribution >= 0.6 is 11.6 Å². The number of hydrogen-bond acceptors (Lipinski definition) is 6. The third-order valence-electron chi connectivity index (χ3n) is 6.34. The van der Waals surface area contributed by atoms with Gasteiger partial charge < -0.3 is 19.3 Å². The van der Waals surface area contributed by atoms with E-state index in [-0.39, 0.29) is 6.61 Å². The molecule has 158 valence electrons. The number of piperazine rings is 1. The minimum Gasteiger partial charge on any atom is -0.493 e. The summed E-state index contributed by atoms with van der Waals surface area (Å²) in [6, 6.07) is 14.1. The van der Waals surface area contributed by atoms with Crippen molar-refractivity contribution >= 4 is 28.4 Å². The Balaban J connectivity index is 1.18. The van der Waals surface area contributed by atoms with Gasteiger partial charge in [-0.2, -0.15) is 0 Å². The number of anilines is 1. The highest BCUT2D eigenvalue weighted by Crippen LogP contribution is 2.31. The van der Waals surface area contributed by atoms with E-state index < -0.39 is 0 Å². The van der Waals surface area contributed by atoms with Gasteiger partial charge in [-0.3, -0.25) is 4.90 Å². The number of nitrogens with zero attached hydrogens (tertiary/aromatic N) is 3. The second-order valence-corrected chi connectivity index (χ2v) is 8.67. The van der Waals surface area contributed by atoms with Crippen molar-refractivity contribution in [1.29, 1.82) is 0 Å². The smallest absolute Gasteiger partial charge is 0.180 e. The molecule has 0 amide bonds. The minimum atomic E-state index is -0.0772. The maximum Gasteiger partial charge on any atom is 0.180 e. The molecule has 1 N–H and O–H groups in total. The number of hydrogen-bond donors (Lipinski definition) is 1. The van der Waals surface area contributed by atoms with Crippen molar-refractivity contribution in [2.75, 3.05) is 37.7 Å². The van der Waals surface area contributed by atoms with Gasteiger partial charge in [0.05, 0.1) is 18.6 Å². The van der Waals surface area contributed by atoms with Crippen molar-refractivity contribution in [3.8, 4) is 5.75 Å². The van der Waals surface area contributed by atoms with Crippen LogP contribution in [-0.2, 0) is 6.61 Å². The van der Waals surface area contributed by atoms with Gasteiger partial charge in [0.25, 0.3) is 0 Å². The second-order valence-electron chi connectivity index (χ2n) is 8.26. The normalized spacial score (nSPS) is 22.3. The Morgan fingerprint density at radius 2 is 2.03 bits per heavy atom. The van der Waals surface area contributed by atoms with Crippen LogP contribution in [0.25, 0.3) is 11.0 Å². The predicted molar refractivity (Wildman–Crippen MR) is 117 cm³/mol. The van der Waals surface area contributed by atoms with Crippen LogP contribution in [-0.4, -0.2) is 54.0 Å². The summed E-state index contributed by atoms with van der Waals surface area (Å²) >= 11 is 6.07. The molecule has 0 spiro atoms. The first-order valence-electron chi connectivity index (χ1n) is 10.6. The van der Waals surface area contributed by atoms with Crippen LogP contribution < -0.4 is 9.64 Å². The number of rotatable bonds is 5. The highest BCUT2D eigenvalue weighted by molar-refractivity contribution is 6.31. The molecule has 0 aliphatic carbocycles. The standard InChI is InChI=1S/C23H26ClN3O3/c24-21-8-7-19(11-17(21)14-28)29-15-16-5-6-18-13-27(10-9-26(18)12-16)23-20-3-1-2-4-22(20)30-25-23/h1-4,7-8,11,16,18,28H,5-6,9-10,12-15H2. The Hall–Kier alpha value is -2.28. The number of halogens is 1. The molecule has 3 aromatic rings. The highest BCUT2D eigenvalue weighted by atomic mass is 35.5. The van der Waals surface area contributed by atoms with Crippen LogP contribution in [0.3, 0.4) is 0 Å². The fraction of sp³-hybridized carbons (Fsp3) is 0.435. The Morgan fingerprint density at radius 1 is 1.13 bits per heavy atom. The highest BCUT2D eigenvalue weighted by Gasteiger charge is 2.34. The van der Waals surface area contributed by atoms with Crippen molar-refractivity contribution in [3.05, 3.63) is 53.1 Å². The second kappa shape index (κ2) is 8.46. The van der Waals surface area contributed by atoms with E-state index in [1.807, 2.05) is 30.3 Å². The Morgan fingerprint density at radius 3 is 2.93 bits per heavy atom. The summed E-state index contributed by atoms with van der Waals surface area (Å²) in [5.41, 5.74) is 1.55. The number of aromatic nitrogens is 1. The van der Waals surface area contributed by atoms with Crippen LogP contribution in [0.5, 0.6) is 5.75 Å². The van der Waals surface area contributed by atoms with Gasteiger partial charge in [0.15, 0.2) is 11.4 Å².